The molecule has 0 saturated carbocycles. The molecule has 9 heteroatoms. The molecule has 1 aliphatic heterocycles. The van der Waals surface area contributed by atoms with Crippen molar-refractivity contribution in [1.82, 2.24) is 4.90 Å². The highest BCUT2D eigenvalue weighted by Crippen LogP contribution is 2.19. The molecule has 0 bridgehead atoms. The van der Waals surface area contributed by atoms with Crippen molar-refractivity contribution in [3.8, 4) is 0 Å². The van der Waals surface area contributed by atoms with Crippen LogP contribution < -0.4 is 5.73 Å². The molecule has 1 fully saturated rings. The van der Waals surface area contributed by atoms with Crippen LogP contribution in [0.5, 0.6) is 0 Å². The van der Waals surface area contributed by atoms with Gasteiger partial charge in [0.25, 0.3) is 0 Å². The van der Waals surface area contributed by atoms with Gasteiger partial charge < -0.3 is 20.6 Å². The zero-order valence-electron chi connectivity index (χ0n) is 17.4. The first-order valence-electron chi connectivity index (χ1n) is 9.88. The van der Waals surface area contributed by atoms with E-state index in [9.17, 15) is 4.79 Å². The lowest BCUT2D eigenvalue weighted by Crippen LogP contribution is -2.35. The van der Waals surface area contributed by atoms with Crippen molar-refractivity contribution < 1.29 is 14.3 Å². The Kier molecular flexibility index (Phi) is 7.58. The number of hydrogen-bond donors (Lipinski definition) is 3. The Labute approximate surface area is 180 Å². The van der Waals surface area contributed by atoms with Crippen molar-refractivity contribution >= 4 is 29.3 Å². The van der Waals surface area contributed by atoms with E-state index in [2.05, 4.69) is 15.0 Å². The number of anilines is 1. The van der Waals surface area contributed by atoms with Gasteiger partial charge in [-0.05, 0) is 35.9 Å². The van der Waals surface area contributed by atoms with Crippen molar-refractivity contribution in [2.45, 2.75) is 12.6 Å². The molecule has 2 aromatic carbocycles. The van der Waals surface area contributed by atoms with Gasteiger partial charge in [0, 0.05) is 37.1 Å². The van der Waals surface area contributed by atoms with E-state index in [1.165, 1.54) is 37.1 Å². The number of carbonyl (C=O) groups excluding carboxylic acids is 1. The van der Waals surface area contributed by atoms with Gasteiger partial charge in [-0.15, -0.1) is 0 Å². The third kappa shape index (κ3) is 5.80. The molecule has 3 rings (SSSR count). The number of esters is 1. The molecular weight excluding hydrogens is 396 g/mol. The normalized spacial score (nSPS) is 15.5. The molecule has 1 aliphatic rings. The second-order valence-electron chi connectivity index (χ2n) is 7.11. The van der Waals surface area contributed by atoms with Crippen molar-refractivity contribution in [3.63, 3.8) is 0 Å². The average Bonchev–Trinajstić information content (AvgIpc) is 2.81. The fourth-order valence-corrected chi connectivity index (χ4v) is 3.23. The molecule has 2 aromatic rings. The maximum atomic E-state index is 11.8. The van der Waals surface area contributed by atoms with Crippen LogP contribution in [-0.2, 0) is 16.0 Å². The van der Waals surface area contributed by atoms with Gasteiger partial charge in [-0.25, -0.2) is 10.3 Å². The number of ether oxygens (including phenoxy) is 2. The number of benzene rings is 2. The highest BCUT2D eigenvalue weighted by molar-refractivity contribution is 6.14. The van der Waals surface area contributed by atoms with E-state index < -0.39 is 12.0 Å². The summed E-state index contributed by atoms with van der Waals surface area (Å²) in [6.07, 6.45) is 1.43. The molecule has 0 aliphatic carbocycles. The van der Waals surface area contributed by atoms with Gasteiger partial charge in [0.05, 0.1) is 37.3 Å². The number of rotatable bonds is 8. The SMILES string of the molecule is COC(=O)c1ccc(N)c(C(=N)C(C=Nc2ccc(CN3CCOCC3)cc2)N=N)c1. The summed E-state index contributed by atoms with van der Waals surface area (Å²) in [6.45, 7) is 4.24. The molecule has 1 atom stereocenters. The van der Waals surface area contributed by atoms with E-state index in [-0.39, 0.29) is 11.3 Å². The first kappa shape index (κ1) is 22.3. The molecular formula is C22H26N6O3. The average molecular weight is 422 g/mol. The van der Waals surface area contributed by atoms with Crippen LogP contribution in [-0.4, -0.2) is 62.3 Å². The number of methoxy groups -OCH3 is 1. The molecule has 0 spiro atoms. The molecule has 1 heterocycles. The largest absolute Gasteiger partial charge is 0.465 e. The standard InChI is InChI=1S/C22H26N6O3/c1-30-22(29)16-4-7-19(23)18(12-16)21(24)20(27-25)13-26-17-5-2-15(3-6-17)14-28-8-10-31-11-9-28/h2-7,12-13,20,24-25H,8-11,14,23H2,1H3. The monoisotopic (exact) mass is 422 g/mol. The van der Waals surface area contributed by atoms with E-state index >= 15 is 0 Å². The van der Waals surface area contributed by atoms with Gasteiger partial charge in [0.2, 0.25) is 0 Å². The third-order valence-electron chi connectivity index (χ3n) is 5.01. The highest BCUT2D eigenvalue weighted by atomic mass is 16.5. The summed E-state index contributed by atoms with van der Waals surface area (Å²) in [6, 6.07) is 11.4. The topological polar surface area (TPSA) is 137 Å². The summed E-state index contributed by atoms with van der Waals surface area (Å²) in [5.41, 5.74) is 16.2. The first-order valence-corrected chi connectivity index (χ1v) is 9.88. The number of carbonyl (C=O) groups is 1. The fourth-order valence-electron chi connectivity index (χ4n) is 3.23. The molecule has 162 valence electrons. The quantitative estimate of drug-likeness (QED) is 0.260. The second kappa shape index (κ2) is 10.6. The Balaban J connectivity index is 1.69. The van der Waals surface area contributed by atoms with Crippen molar-refractivity contribution in [1.29, 1.82) is 10.9 Å². The smallest absolute Gasteiger partial charge is 0.337 e. The van der Waals surface area contributed by atoms with Crippen molar-refractivity contribution in [3.05, 3.63) is 59.2 Å². The molecule has 0 radical (unpaired) electrons. The summed E-state index contributed by atoms with van der Waals surface area (Å²) in [4.78, 5) is 18.5. The molecule has 31 heavy (non-hydrogen) atoms. The number of morpholine rings is 1. The number of hydrogen-bond acceptors (Lipinski definition) is 9. The fraction of sp³-hybridized carbons (Fsp3) is 0.318. The Morgan fingerprint density at radius 2 is 1.97 bits per heavy atom. The van der Waals surface area contributed by atoms with Gasteiger partial charge in [-0.1, -0.05) is 12.1 Å². The van der Waals surface area contributed by atoms with Gasteiger partial charge >= 0.3 is 5.97 Å². The van der Waals surface area contributed by atoms with Crippen LogP contribution in [0.4, 0.5) is 11.4 Å². The Bertz CT molecular complexity index is 968. The van der Waals surface area contributed by atoms with E-state index in [4.69, 9.17) is 26.1 Å². The van der Waals surface area contributed by atoms with E-state index in [1.54, 1.807) is 0 Å². The van der Waals surface area contributed by atoms with Crippen LogP contribution >= 0.6 is 0 Å². The van der Waals surface area contributed by atoms with Crippen LogP contribution in [0, 0.1) is 10.9 Å². The molecule has 9 nitrogen and oxygen atoms in total. The molecule has 0 aromatic heterocycles. The summed E-state index contributed by atoms with van der Waals surface area (Å²) < 4.78 is 10.1. The maximum absolute atomic E-state index is 11.8. The van der Waals surface area contributed by atoms with Crippen LogP contribution in [0.1, 0.15) is 21.5 Å². The lowest BCUT2D eigenvalue weighted by Gasteiger charge is -2.26. The first-order chi connectivity index (χ1) is 15.0. The Morgan fingerprint density at radius 3 is 2.61 bits per heavy atom. The van der Waals surface area contributed by atoms with Crippen LogP contribution in [0.25, 0.3) is 0 Å². The van der Waals surface area contributed by atoms with Gasteiger partial charge in [0.15, 0.2) is 0 Å². The van der Waals surface area contributed by atoms with Crippen molar-refractivity contribution in [2.75, 3.05) is 39.1 Å². The lowest BCUT2D eigenvalue weighted by atomic mass is 10.00. The summed E-state index contributed by atoms with van der Waals surface area (Å²) in [7, 11) is 1.28. The maximum Gasteiger partial charge on any atom is 0.337 e. The Hall–Kier alpha value is -3.43. The highest BCUT2D eigenvalue weighted by Gasteiger charge is 2.18. The summed E-state index contributed by atoms with van der Waals surface area (Å²) in [5, 5.41) is 11.9. The summed E-state index contributed by atoms with van der Waals surface area (Å²) in [5.74, 6) is -0.528. The number of aliphatic imine (C=N–C) groups is 1. The minimum absolute atomic E-state index is 0.0223. The molecule has 4 N–H and O–H groups in total. The number of nitrogens with one attached hydrogen (secondary N) is 2. The number of nitrogen functional groups attached to an aromatic ring is 1. The predicted molar refractivity (Wildman–Crippen MR) is 119 cm³/mol. The van der Waals surface area contributed by atoms with E-state index in [0.29, 0.717) is 16.9 Å². The zero-order valence-corrected chi connectivity index (χ0v) is 17.4. The second-order valence-corrected chi connectivity index (χ2v) is 7.11. The molecule has 0 amide bonds. The lowest BCUT2D eigenvalue weighted by molar-refractivity contribution is 0.0342. The third-order valence-corrected chi connectivity index (χ3v) is 5.01. The van der Waals surface area contributed by atoms with E-state index in [0.717, 1.165) is 32.8 Å². The minimum atomic E-state index is -0.928. The van der Waals surface area contributed by atoms with Crippen LogP contribution in [0.15, 0.2) is 52.6 Å². The van der Waals surface area contributed by atoms with E-state index in [1.807, 2.05) is 24.3 Å². The van der Waals surface area contributed by atoms with Crippen LogP contribution in [0.2, 0.25) is 0 Å². The molecule has 1 unspecified atom stereocenters. The van der Waals surface area contributed by atoms with Gasteiger partial charge in [0.1, 0.15) is 6.04 Å². The van der Waals surface area contributed by atoms with Gasteiger partial charge in [-0.3, -0.25) is 9.89 Å². The molecule has 1 saturated heterocycles. The zero-order chi connectivity index (χ0) is 22.2. The number of nitrogens with two attached hydrogens (primary N) is 1. The van der Waals surface area contributed by atoms with Crippen LogP contribution in [0.3, 0.4) is 0 Å². The minimum Gasteiger partial charge on any atom is -0.465 e. The summed E-state index contributed by atoms with van der Waals surface area (Å²) >= 11 is 0. The number of nitrogens with zero attached hydrogens (tertiary/aromatic N) is 3. The Morgan fingerprint density at radius 1 is 1.26 bits per heavy atom. The van der Waals surface area contributed by atoms with Crippen molar-refractivity contribution in [2.24, 2.45) is 10.1 Å². The predicted octanol–water partition coefficient (Wildman–Crippen LogP) is 3.06. The van der Waals surface area contributed by atoms with Gasteiger partial charge in [-0.2, -0.15) is 5.11 Å².